The molecule has 0 heterocycles. The summed E-state index contributed by atoms with van der Waals surface area (Å²) in [6.45, 7) is 4.41. The van der Waals surface area contributed by atoms with Crippen molar-refractivity contribution in [2.75, 3.05) is 6.61 Å². The monoisotopic (exact) mass is 216 g/mol. The highest BCUT2D eigenvalue weighted by Gasteiger charge is 2.11. The van der Waals surface area contributed by atoms with E-state index in [9.17, 15) is 4.79 Å². The van der Waals surface area contributed by atoms with E-state index < -0.39 is 11.9 Å². The zero-order chi connectivity index (χ0) is 11.7. The third kappa shape index (κ3) is 8.39. The van der Waals surface area contributed by atoms with Gasteiger partial charge in [-0.2, -0.15) is 0 Å². The summed E-state index contributed by atoms with van der Waals surface area (Å²) in [4.78, 5) is 10.6. The van der Waals surface area contributed by atoms with E-state index in [0.29, 0.717) is 0 Å². The predicted molar refractivity (Wildman–Crippen MR) is 61.3 cm³/mol. The second kappa shape index (κ2) is 8.68. The van der Waals surface area contributed by atoms with Gasteiger partial charge in [-0.15, -0.1) is 0 Å². The molecule has 0 aromatic rings. The average molecular weight is 216 g/mol. The Labute approximate surface area is 92.3 Å². The fraction of sp³-hybridized carbons (Fsp3) is 0.909. The molecule has 0 radical (unpaired) electrons. The Morgan fingerprint density at radius 2 is 2.00 bits per heavy atom. The number of rotatable bonds is 9. The first-order valence-corrected chi connectivity index (χ1v) is 5.74. The summed E-state index contributed by atoms with van der Waals surface area (Å²) < 4.78 is 5.42. The molecule has 0 aliphatic heterocycles. The normalized spacial score (nSPS) is 14.9. The first-order chi connectivity index (χ1) is 7.07. The van der Waals surface area contributed by atoms with Gasteiger partial charge in [0, 0.05) is 0 Å². The van der Waals surface area contributed by atoms with E-state index in [4.69, 9.17) is 16.2 Å². The van der Waals surface area contributed by atoms with Gasteiger partial charge < -0.3 is 16.2 Å². The second-order valence-electron chi connectivity index (χ2n) is 4.00. The van der Waals surface area contributed by atoms with Crippen LogP contribution in [0.2, 0.25) is 0 Å². The number of amides is 1. The Morgan fingerprint density at radius 1 is 1.33 bits per heavy atom. The van der Waals surface area contributed by atoms with E-state index >= 15 is 0 Å². The minimum absolute atomic E-state index is 0.159. The maximum absolute atomic E-state index is 10.6. The van der Waals surface area contributed by atoms with Gasteiger partial charge in [0.15, 0.2) is 0 Å². The Balaban J connectivity index is 3.40. The number of carbonyl (C=O) groups is 1. The Hall–Kier alpha value is -0.610. The average Bonchev–Trinajstić information content (AvgIpc) is 2.20. The van der Waals surface area contributed by atoms with Crippen LogP contribution in [0.3, 0.4) is 0 Å². The lowest BCUT2D eigenvalue weighted by molar-refractivity contribution is -0.121. The lowest BCUT2D eigenvalue weighted by atomic mass is 10.1. The summed E-state index contributed by atoms with van der Waals surface area (Å²) >= 11 is 0. The van der Waals surface area contributed by atoms with Gasteiger partial charge in [0.05, 0.1) is 12.7 Å². The SMILES string of the molecule is CCCCCCC(C)OCC(N)C(N)=O. The number of hydrogen-bond donors (Lipinski definition) is 2. The van der Waals surface area contributed by atoms with Crippen molar-refractivity contribution < 1.29 is 9.53 Å². The molecule has 0 rings (SSSR count). The van der Waals surface area contributed by atoms with Crippen molar-refractivity contribution >= 4 is 5.91 Å². The fourth-order valence-corrected chi connectivity index (χ4v) is 1.29. The molecule has 4 heteroatoms. The number of ether oxygens (including phenoxy) is 1. The van der Waals surface area contributed by atoms with Crippen molar-refractivity contribution in [3.05, 3.63) is 0 Å². The standard InChI is InChI=1S/C11H24N2O2/c1-3-4-5-6-7-9(2)15-8-10(12)11(13)14/h9-10H,3-8,12H2,1-2H3,(H2,13,14). The molecule has 15 heavy (non-hydrogen) atoms. The van der Waals surface area contributed by atoms with E-state index in [2.05, 4.69) is 6.92 Å². The van der Waals surface area contributed by atoms with Crippen molar-refractivity contribution in [2.45, 2.75) is 58.1 Å². The van der Waals surface area contributed by atoms with E-state index in [-0.39, 0.29) is 12.7 Å². The van der Waals surface area contributed by atoms with Crippen LogP contribution in [0.25, 0.3) is 0 Å². The minimum Gasteiger partial charge on any atom is -0.376 e. The van der Waals surface area contributed by atoms with Crippen molar-refractivity contribution in [1.82, 2.24) is 0 Å². The summed E-state index contributed by atoms with van der Waals surface area (Å²) in [6, 6.07) is -0.678. The summed E-state index contributed by atoms with van der Waals surface area (Å²) in [5.41, 5.74) is 10.5. The van der Waals surface area contributed by atoms with Gasteiger partial charge in [-0.1, -0.05) is 32.6 Å². The number of hydrogen-bond acceptors (Lipinski definition) is 3. The smallest absolute Gasteiger partial charge is 0.236 e. The minimum atomic E-state index is -0.678. The largest absolute Gasteiger partial charge is 0.376 e. The molecule has 90 valence electrons. The molecule has 0 saturated carbocycles. The van der Waals surface area contributed by atoms with Gasteiger partial charge in [0.2, 0.25) is 5.91 Å². The number of carbonyl (C=O) groups excluding carboxylic acids is 1. The molecule has 1 amide bonds. The molecule has 0 aliphatic carbocycles. The van der Waals surface area contributed by atoms with Crippen LogP contribution in [0.15, 0.2) is 0 Å². The third-order valence-electron chi connectivity index (χ3n) is 2.39. The highest BCUT2D eigenvalue weighted by Crippen LogP contribution is 2.07. The zero-order valence-electron chi connectivity index (χ0n) is 9.87. The fourth-order valence-electron chi connectivity index (χ4n) is 1.29. The quantitative estimate of drug-likeness (QED) is 0.568. The summed E-state index contributed by atoms with van der Waals surface area (Å²) in [5.74, 6) is -0.506. The lowest BCUT2D eigenvalue weighted by Gasteiger charge is -2.15. The van der Waals surface area contributed by atoms with Gasteiger partial charge in [-0.05, 0) is 13.3 Å². The van der Waals surface area contributed by atoms with Crippen LogP contribution in [-0.2, 0) is 9.53 Å². The topological polar surface area (TPSA) is 78.3 Å². The van der Waals surface area contributed by atoms with E-state index in [1.54, 1.807) is 0 Å². The van der Waals surface area contributed by atoms with Gasteiger partial charge in [-0.25, -0.2) is 0 Å². The Kier molecular flexibility index (Phi) is 8.33. The molecule has 0 aromatic heterocycles. The van der Waals surface area contributed by atoms with E-state index in [1.807, 2.05) is 6.92 Å². The lowest BCUT2D eigenvalue weighted by Crippen LogP contribution is -2.41. The molecular formula is C11H24N2O2. The Bertz CT molecular complexity index is 174. The van der Waals surface area contributed by atoms with Crippen LogP contribution in [-0.4, -0.2) is 24.7 Å². The molecule has 2 atom stereocenters. The van der Waals surface area contributed by atoms with Crippen LogP contribution < -0.4 is 11.5 Å². The van der Waals surface area contributed by atoms with E-state index in [1.165, 1.54) is 25.7 Å². The Morgan fingerprint density at radius 3 is 2.53 bits per heavy atom. The van der Waals surface area contributed by atoms with Gasteiger partial charge in [0.25, 0.3) is 0 Å². The van der Waals surface area contributed by atoms with Gasteiger partial charge in [0.1, 0.15) is 6.04 Å². The molecule has 0 spiro atoms. The van der Waals surface area contributed by atoms with Crippen LogP contribution in [0.5, 0.6) is 0 Å². The first kappa shape index (κ1) is 14.4. The molecular weight excluding hydrogens is 192 g/mol. The van der Waals surface area contributed by atoms with Gasteiger partial charge >= 0.3 is 0 Å². The van der Waals surface area contributed by atoms with Crippen LogP contribution in [0.1, 0.15) is 46.0 Å². The third-order valence-corrected chi connectivity index (χ3v) is 2.39. The molecule has 0 aliphatic rings. The summed E-state index contributed by atoms with van der Waals surface area (Å²) in [7, 11) is 0. The highest BCUT2D eigenvalue weighted by molar-refractivity contribution is 5.79. The van der Waals surface area contributed by atoms with Crippen molar-refractivity contribution in [3.63, 3.8) is 0 Å². The molecule has 0 bridgehead atoms. The molecule has 0 saturated heterocycles. The van der Waals surface area contributed by atoms with Gasteiger partial charge in [-0.3, -0.25) is 4.79 Å². The molecule has 2 unspecified atom stereocenters. The number of nitrogens with two attached hydrogens (primary N) is 2. The maximum Gasteiger partial charge on any atom is 0.236 e. The van der Waals surface area contributed by atoms with Crippen molar-refractivity contribution in [1.29, 1.82) is 0 Å². The van der Waals surface area contributed by atoms with Crippen LogP contribution in [0.4, 0.5) is 0 Å². The van der Waals surface area contributed by atoms with E-state index in [0.717, 1.165) is 6.42 Å². The summed E-state index contributed by atoms with van der Waals surface area (Å²) in [6.07, 6.45) is 6.10. The first-order valence-electron chi connectivity index (χ1n) is 5.74. The van der Waals surface area contributed by atoms with Crippen molar-refractivity contribution in [3.8, 4) is 0 Å². The van der Waals surface area contributed by atoms with Crippen LogP contribution in [0, 0.1) is 0 Å². The highest BCUT2D eigenvalue weighted by atomic mass is 16.5. The van der Waals surface area contributed by atoms with Crippen molar-refractivity contribution in [2.24, 2.45) is 11.5 Å². The predicted octanol–water partition coefficient (Wildman–Crippen LogP) is 1.17. The molecule has 4 N–H and O–H groups in total. The molecule has 4 nitrogen and oxygen atoms in total. The maximum atomic E-state index is 10.6. The molecule has 0 aromatic carbocycles. The molecule has 0 fully saturated rings. The van der Waals surface area contributed by atoms with Crippen LogP contribution >= 0.6 is 0 Å². The summed E-state index contributed by atoms with van der Waals surface area (Å²) in [5, 5.41) is 0. The second-order valence-corrected chi connectivity index (χ2v) is 4.00. The zero-order valence-corrected chi connectivity index (χ0v) is 9.87. The number of unbranched alkanes of at least 4 members (excludes halogenated alkanes) is 3. The number of primary amides is 1.